The molecular formula is C39H48N6O4. The van der Waals surface area contributed by atoms with Gasteiger partial charge in [-0.05, 0) is 61.3 Å². The molecule has 6 rings (SSSR count). The van der Waals surface area contributed by atoms with Crippen LogP contribution in [0.15, 0.2) is 78.9 Å². The van der Waals surface area contributed by atoms with Crippen LogP contribution in [-0.4, -0.2) is 120 Å². The number of hydrogen-bond acceptors (Lipinski definition) is 6. The molecule has 3 aromatic rings. The summed E-state index contributed by atoms with van der Waals surface area (Å²) in [7, 11) is 2.06. The minimum Gasteiger partial charge on any atom is -0.368 e. The van der Waals surface area contributed by atoms with E-state index < -0.39 is 17.9 Å². The maximum atomic E-state index is 14.6. The number of hydrogen-bond donors (Lipinski definition) is 1. The monoisotopic (exact) mass is 664 g/mol. The highest BCUT2D eigenvalue weighted by atomic mass is 16.2. The Morgan fingerprint density at radius 1 is 0.857 bits per heavy atom. The first-order valence-corrected chi connectivity index (χ1v) is 17.6. The maximum Gasteiger partial charge on any atom is 0.254 e. The molecule has 0 aromatic heterocycles. The van der Waals surface area contributed by atoms with E-state index in [2.05, 4.69) is 35.9 Å². The lowest BCUT2D eigenvalue weighted by Crippen LogP contribution is -2.53. The van der Waals surface area contributed by atoms with Crippen molar-refractivity contribution >= 4 is 23.6 Å². The first-order chi connectivity index (χ1) is 23.7. The third-order valence-corrected chi connectivity index (χ3v) is 10.5. The van der Waals surface area contributed by atoms with Crippen LogP contribution in [0, 0.1) is 0 Å². The lowest BCUT2D eigenvalue weighted by molar-refractivity contribution is -0.137. The van der Waals surface area contributed by atoms with Crippen molar-refractivity contribution in [2.24, 2.45) is 5.73 Å². The molecule has 3 aliphatic heterocycles. The van der Waals surface area contributed by atoms with Gasteiger partial charge in [-0.15, -0.1) is 0 Å². The van der Waals surface area contributed by atoms with Crippen molar-refractivity contribution in [1.82, 2.24) is 24.5 Å². The van der Waals surface area contributed by atoms with Crippen LogP contribution >= 0.6 is 0 Å². The van der Waals surface area contributed by atoms with Crippen LogP contribution in [0.25, 0.3) is 11.1 Å². The summed E-state index contributed by atoms with van der Waals surface area (Å²) in [5.41, 5.74) is 9.75. The minimum atomic E-state index is -0.645. The van der Waals surface area contributed by atoms with Crippen molar-refractivity contribution in [1.29, 1.82) is 0 Å². The van der Waals surface area contributed by atoms with Gasteiger partial charge < -0.3 is 25.3 Å². The quantitative estimate of drug-likeness (QED) is 0.336. The number of benzene rings is 3. The van der Waals surface area contributed by atoms with Gasteiger partial charge in [-0.25, -0.2) is 0 Å². The molecule has 3 heterocycles. The fourth-order valence-corrected chi connectivity index (χ4v) is 7.79. The van der Waals surface area contributed by atoms with E-state index in [4.69, 9.17) is 5.73 Å². The van der Waals surface area contributed by atoms with Crippen molar-refractivity contribution < 1.29 is 19.2 Å². The summed E-state index contributed by atoms with van der Waals surface area (Å²) < 4.78 is 0. The Balaban J connectivity index is 1.34. The molecule has 3 atom stereocenters. The zero-order chi connectivity index (χ0) is 34.5. The van der Waals surface area contributed by atoms with Crippen molar-refractivity contribution in [3.8, 4) is 11.1 Å². The Hall–Kier alpha value is -4.54. The van der Waals surface area contributed by atoms with Crippen LogP contribution in [0.5, 0.6) is 0 Å². The number of primary amides is 1. The molecule has 0 radical (unpaired) electrons. The molecule has 0 saturated carbocycles. The van der Waals surface area contributed by atoms with Gasteiger partial charge >= 0.3 is 0 Å². The molecule has 10 nitrogen and oxygen atoms in total. The molecule has 3 aliphatic rings. The van der Waals surface area contributed by atoms with E-state index in [1.165, 1.54) is 0 Å². The van der Waals surface area contributed by atoms with E-state index in [1.807, 2.05) is 65.6 Å². The van der Waals surface area contributed by atoms with Gasteiger partial charge in [0, 0.05) is 57.3 Å². The van der Waals surface area contributed by atoms with E-state index in [1.54, 1.807) is 15.9 Å². The highest BCUT2D eigenvalue weighted by Crippen LogP contribution is 2.44. The number of carbonyl (C=O) groups excluding carboxylic acids is 4. The number of nitrogens with zero attached hydrogens (tertiary/aromatic N) is 5. The van der Waals surface area contributed by atoms with Gasteiger partial charge in [0.15, 0.2) is 0 Å². The molecule has 0 aliphatic carbocycles. The van der Waals surface area contributed by atoms with Gasteiger partial charge in [0.05, 0.1) is 18.5 Å². The Morgan fingerprint density at radius 2 is 1.53 bits per heavy atom. The maximum absolute atomic E-state index is 14.6. The van der Waals surface area contributed by atoms with Crippen LogP contribution < -0.4 is 5.73 Å². The number of carbonyl (C=O) groups is 4. The predicted octanol–water partition coefficient (Wildman–Crippen LogP) is 3.60. The number of likely N-dealkylation sites (N-methyl/N-ethyl adjacent to an activating group) is 2. The Labute approximate surface area is 289 Å². The van der Waals surface area contributed by atoms with E-state index in [-0.39, 0.29) is 43.3 Å². The molecule has 4 amide bonds. The number of rotatable bonds is 11. The second kappa shape index (κ2) is 15.3. The molecule has 0 bridgehead atoms. The molecule has 10 heteroatoms. The molecule has 49 heavy (non-hydrogen) atoms. The van der Waals surface area contributed by atoms with Crippen LogP contribution in [0.3, 0.4) is 0 Å². The van der Waals surface area contributed by atoms with E-state index in [0.29, 0.717) is 30.8 Å². The largest absolute Gasteiger partial charge is 0.368 e. The van der Waals surface area contributed by atoms with Gasteiger partial charge in [0.2, 0.25) is 17.7 Å². The molecule has 258 valence electrons. The average Bonchev–Trinajstić information content (AvgIpc) is 3.58. The molecule has 2 fully saturated rings. The van der Waals surface area contributed by atoms with E-state index in [9.17, 15) is 19.2 Å². The van der Waals surface area contributed by atoms with Crippen molar-refractivity contribution in [3.05, 3.63) is 95.6 Å². The fourth-order valence-electron chi connectivity index (χ4n) is 7.79. The van der Waals surface area contributed by atoms with Gasteiger partial charge in [-0.1, -0.05) is 79.7 Å². The van der Waals surface area contributed by atoms with Crippen LogP contribution in [0.4, 0.5) is 0 Å². The number of nitrogens with two attached hydrogens (primary N) is 1. The zero-order valence-corrected chi connectivity index (χ0v) is 28.7. The molecule has 0 spiro atoms. The van der Waals surface area contributed by atoms with E-state index >= 15 is 0 Å². The second-order valence-corrected chi connectivity index (χ2v) is 13.5. The summed E-state index contributed by atoms with van der Waals surface area (Å²) in [5.74, 6) is -1.66. The molecule has 2 saturated heterocycles. The summed E-state index contributed by atoms with van der Waals surface area (Å²) in [6.07, 6.45) is 2.01. The fraction of sp³-hybridized carbons (Fsp3) is 0.436. The van der Waals surface area contributed by atoms with Gasteiger partial charge in [0.25, 0.3) is 5.91 Å². The molecule has 2 N–H and O–H groups in total. The average molecular weight is 665 g/mol. The minimum absolute atomic E-state index is 0.00799. The Kier molecular flexibility index (Phi) is 10.7. The predicted molar refractivity (Wildman–Crippen MR) is 190 cm³/mol. The first-order valence-electron chi connectivity index (χ1n) is 17.6. The Morgan fingerprint density at radius 3 is 2.22 bits per heavy atom. The number of likely N-dealkylation sites (tertiary alicyclic amines) is 1. The van der Waals surface area contributed by atoms with E-state index in [0.717, 1.165) is 55.7 Å². The number of amides is 4. The second-order valence-electron chi connectivity index (χ2n) is 13.5. The number of piperazine rings is 1. The zero-order valence-electron chi connectivity index (χ0n) is 28.7. The van der Waals surface area contributed by atoms with Crippen molar-refractivity contribution in [3.63, 3.8) is 0 Å². The topological polar surface area (TPSA) is 110 Å². The summed E-state index contributed by atoms with van der Waals surface area (Å²) in [6.45, 7) is 7.06. The van der Waals surface area contributed by atoms with Crippen LogP contribution in [0.1, 0.15) is 59.6 Å². The third-order valence-electron chi connectivity index (χ3n) is 10.5. The first kappa shape index (κ1) is 34.3. The lowest BCUT2D eigenvalue weighted by atomic mass is 9.78. The smallest absolute Gasteiger partial charge is 0.254 e. The number of fused-ring (bicyclic) bond motifs is 1. The summed E-state index contributed by atoms with van der Waals surface area (Å²) in [4.78, 5) is 64.7. The third kappa shape index (κ3) is 7.55. The summed E-state index contributed by atoms with van der Waals surface area (Å²) in [6, 6.07) is 25.1. The standard InChI is InChI=1S/C39H48N6O4/c1-3-42-20-9-12-31(42)26-44(27-34(40)46)35(47)19-21-45-37(30-17-15-29(16-18-30)28-10-5-4-6-11-28)36(32-13-7-8-14-33(32)38(45)48)39(49)43-24-22-41(2)23-25-43/h4-8,10-11,13-18,31,36-37H,3,9,12,19-27H2,1-2H3,(H2,40,46). The Bertz CT molecular complexity index is 1640. The highest BCUT2D eigenvalue weighted by Gasteiger charge is 2.46. The van der Waals surface area contributed by atoms with Crippen molar-refractivity contribution in [2.45, 2.75) is 44.2 Å². The van der Waals surface area contributed by atoms with Gasteiger partial charge in [-0.2, -0.15) is 0 Å². The lowest BCUT2D eigenvalue weighted by Gasteiger charge is -2.44. The van der Waals surface area contributed by atoms with Crippen LogP contribution in [-0.2, 0) is 14.4 Å². The summed E-state index contributed by atoms with van der Waals surface area (Å²) in [5, 5.41) is 0. The molecule has 3 aromatic carbocycles. The molecule has 3 unspecified atom stereocenters. The SMILES string of the molecule is CCN1CCCC1CN(CC(N)=O)C(=O)CCN1C(=O)c2ccccc2C(C(=O)N2CCN(C)CC2)C1c1ccc(-c2ccccc2)cc1. The van der Waals surface area contributed by atoms with Crippen molar-refractivity contribution in [2.75, 3.05) is 66.0 Å². The molecular weight excluding hydrogens is 616 g/mol. The normalized spacial score (nSPS) is 21.4. The van der Waals surface area contributed by atoms with Gasteiger partial charge in [0.1, 0.15) is 0 Å². The highest BCUT2D eigenvalue weighted by molar-refractivity contribution is 6.01. The summed E-state index contributed by atoms with van der Waals surface area (Å²) >= 11 is 0. The van der Waals surface area contributed by atoms with Gasteiger partial charge in [-0.3, -0.25) is 24.1 Å². The van der Waals surface area contributed by atoms with Crippen LogP contribution in [0.2, 0.25) is 0 Å².